The number of nitro groups is 1. The van der Waals surface area contributed by atoms with Crippen LogP contribution in [-0.4, -0.2) is 21.9 Å². The van der Waals surface area contributed by atoms with Gasteiger partial charge in [0.1, 0.15) is 11.5 Å². The molecule has 2 heterocycles. The van der Waals surface area contributed by atoms with E-state index < -0.39 is 10.8 Å². The summed E-state index contributed by atoms with van der Waals surface area (Å²) in [4.78, 5) is 37.3. The number of hydrogen-bond donors (Lipinski definition) is 1. The predicted molar refractivity (Wildman–Crippen MR) is 100 cm³/mol. The highest BCUT2D eigenvalue weighted by atomic mass is 79.9. The molecule has 132 valence electrons. The van der Waals surface area contributed by atoms with Crippen molar-refractivity contribution in [2.45, 2.75) is 6.92 Å². The maximum absolute atomic E-state index is 11.9. The van der Waals surface area contributed by atoms with Crippen LogP contribution in [0.1, 0.15) is 12.7 Å². The van der Waals surface area contributed by atoms with Crippen LogP contribution < -0.4 is 5.32 Å². The van der Waals surface area contributed by atoms with Crippen molar-refractivity contribution in [3.63, 3.8) is 0 Å². The number of thioether (sulfide) groups is 1. The molecule has 0 unspecified atom stereocenters. The second kappa shape index (κ2) is 7.26. The van der Waals surface area contributed by atoms with Crippen LogP contribution in [0, 0.1) is 10.1 Å². The maximum Gasteiger partial charge on any atom is 0.286 e. The first kappa shape index (κ1) is 18.1. The van der Waals surface area contributed by atoms with Crippen LogP contribution in [0.5, 0.6) is 0 Å². The third-order valence-electron chi connectivity index (χ3n) is 3.23. The van der Waals surface area contributed by atoms with E-state index in [1.165, 1.54) is 25.1 Å². The Bertz CT molecular complexity index is 996. The molecule has 1 N–H and O–H groups in total. The molecule has 1 aromatic carbocycles. The third kappa shape index (κ3) is 3.92. The van der Waals surface area contributed by atoms with Crippen molar-refractivity contribution in [3.05, 3.63) is 55.6 Å². The average molecular weight is 436 g/mol. The molecule has 0 bridgehead atoms. The number of rotatable bonds is 3. The van der Waals surface area contributed by atoms with E-state index in [1.807, 2.05) is 0 Å². The minimum absolute atomic E-state index is 0.0369. The average Bonchev–Trinajstić information content (AvgIpc) is 3.14. The van der Waals surface area contributed by atoms with Gasteiger partial charge in [0.25, 0.3) is 11.6 Å². The topological polar surface area (TPSA) is 115 Å². The molecule has 0 fully saturated rings. The number of nitrogens with zero attached hydrogens (tertiary/aromatic N) is 2. The lowest BCUT2D eigenvalue weighted by Crippen LogP contribution is -2.23. The van der Waals surface area contributed by atoms with E-state index in [0.717, 1.165) is 11.8 Å². The molecule has 1 aliphatic heterocycles. The summed E-state index contributed by atoms with van der Waals surface area (Å²) in [5.74, 6) is 0.124. The van der Waals surface area contributed by atoms with Crippen LogP contribution in [0.25, 0.3) is 17.4 Å². The first-order chi connectivity index (χ1) is 12.3. The molecule has 1 aliphatic rings. The normalized spacial score (nSPS) is 15.2. The number of hydrogen-bond acceptors (Lipinski definition) is 6. The molecule has 0 saturated heterocycles. The minimum Gasteiger partial charge on any atom is -0.457 e. The van der Waals surface area contributed by atoms with Gasteiger partial charge in [-0.1, -0.05) is 0 Å². The van der Waals surface area contributed by atoms with E-state index in [2.05, 4.69) is 26.2 Å². The van der Waals surface area contributed by atoms with Gasteiger partial charge in [-0.25, -0.2) is 0 Å². The first-order valence-electron chi connectivity index (χ1n) is 7.18. The quantitative estimate of drug-likeness (QED) is 0.446. The van der Waals surface area contributed by atoms with E-state index in [9.17, 15) is 19.7 Å². The van der Waals surface area contributed by atoms with Crippen molar-refractivity contribution < 1.29 is 18.9 Å². The van der Waals surface area contributed by atoms with Crippen LogP contribution in [-0.2, 0) is 9.59 Å². The van der Waals surface area contributed by atoms with Gasteiger partial charge in [-0.3, -0.25) is 19.7 Å². The fourth-order valence-electron chi connectivity index (χ4n) is 2.13. The van der Waals surface area contributed by atoms with Gasteiger partial charge in [-0.2, -0.15) is 4.99 Å². The second-order valence-corrected chi connectivity index (χ2v) is 7.02. The summed E-state index contributed by atoms with van der Waals surface area (Å²) in [6.45, 7) is 1.33. The number of aliphatic imine (C=N–C) groups is 1. The zero-order valence-electron chi connectivity index (χ0n) is 13.2. The smallest absolute Gasteiger partial charge is 0.286 e. The van der Waals surface area contributed by atoms with Gasteiger partial charge >= 0.3 is 0 Å². The number of non-ortho nitro benzene ring substituents is 1. The van der Waals surface area contributed by atoms with E-state index in [4.69, 9.17) is 4.42 Å². The number of amidine groups is 1. The van der Waals surface area contributed by atoms with Gasteiger partial charge in [0.05, 0.1) is 9.83 Å². The van der Waals surface area contributed by atoms with Gasteiger partial charge < -0.3 is 9.73 Å². The molecular formula is C16H10BrN3O5S. The van der Waals surface area contributed by atoms with Crippen molar-refractivity contribution in [2.75, 3.05) is 0 Å². The van der Waals surface area contributed by atoms with Gasteiger partial charge in [-0.15, -0.1) is 0 Å². The Morgan fingerprint density at radius 1 is 1.38 bits per heavy atom. The SMILES string of the molecule is CC(=O)NC1=NC(=O)/C(=C/c2ccc(-c3ccc([N+](=O)[O-])cc3Br)o2)S1. The standard InChI is InChI=1S/C16H10BrN3O5S/c1-8(21)18-16-19-15(22)14(26-16)7-10-3-5-13(25-10)11-4-2-9(20(23)24)6-12(11)17/h2-7H,1H3,(H,18,19,21,22)/b14-7-. The van der Waals surface area contributed by atoms with E-state index in [1.54, 1.807) is 18.2 Å². The molecule has 3 rings (SSSR count). The van der Waals surface area contributed by atoms with E-state index >= 15 is 0 Å². The van der Waals surface area contributed by atoms with Gasteiger partial charge in [0, 0.05) is 35.2 Å². The van der Waals surface area contributed by atoms with Crippen molar-refractivity contribution in [1.29, 1.82) is 0 Å². The molecule has 0 aliphatic carbocycles. The largest absolute Gasteiger partial charge is 0.457 e. The summed E-state index contributed by atoms with van der Waals surface area (Å²) in [5, 5.41) is 13.5. The summed E-state index contributed by atoms with van der Waals surface area (Å²) in [6, 6.07) is 7.70. The fourth-order valence-corrected chi connectivity index (χ4v) is 3.54. The number of nitro benzene ring substituents is 1. The molecule has 0 atom stereocenters. The highest BCUT2D eigenvalue weighted by Gasteiger charge is 2.23. The first-order valence-corrected chi connectivity index (χ1v) is 8.79. The summed E-state index contributed by atoms with van der Waals surface area (Å²) >= 11 is 4.33. The molecular weight excluding hydrogens is 426 g/mol. The number of benzene rings is 1. The monoisotopic (exact) mass is 435 g/mol. The third-order valence-corrected chi connectivity index (χ3v) is 4.79. The molecule has 1 aromatic heterocycles. The van der Waals surface area contributed by atoms with Crippen LogP contribution in [0.3, 0.4) is 0 Å². The molecule has 2 aromatic rings. The Balaban J connectivity index is 1.82. The Labute approximate surface area is 159 Å². The van der Waals surface area contributed by atoms with E-state index in [0.29, 0.717) is 26.5 Å². The molecule has 2 amide bonds. The Kier molecular flexibility index (Phi) is 5.05. The lowest BCUT2D eigenvalue weighted by Gasteiger charge is -2.01. The Morgan fingerprint density at radius 2 is 2.15 bits per heavy atom. The predicted octanol–water partition coefficient (Wildman–Crippen LogP) is 3.72. The number of furan rings is 1. The van der Waals surface area contributed by atoms with Crippen molar-refractivity contribution in [3.8, 4) is 11.3 Å². The van der Waals surface area contributed by atoms with Crippen LogP contribution in [0.2, 0.25) is 0 Å². The summed E-state index contributed by atoms with van der Waals surface area (Å²) < 4.78 is 6.21. The summed E-state index contributed by atoms with van der Waals surface area (Å²) in [7, 11) is 0. The van der Waals surface area contributed by atoms with Gasteiger partial charge in [0.2, 0.25) is 5.91 Å². The number of amides is 2. The van der Waals surface area contributed by atoms with Crippen molar-refractivity contribution >= 4 is 56.4 Å². The number of nitrogens with one attached hydrogen (secondary N) is 1. The highest BCUT2D eigenvalue weighted by molar-refractivity contribution is 9.10. The minimum atomic E-state index is -0.484. The lowest BCUT2D eigenvalue weighted by molar-refractivity contribution is -0.384. The summed E-state index contributed by atoms with van der Waals surface area (Å²) in [5.41, 5.74) is 0.603. The van der Waals surface area contributed by atoms with Crippen LogP contribution >= 0.6 is 27.7 Å². The molecule has 0 spiro atoms. The number of carbonyl (C=O) groups excluding carboxylic acids is 2. The number of carbonyl (C=O) groups is 2. The highest BCUT2D eigenvalue weighted by Crippen LogP contribution is 2.34. The molecule has 10 heteroatoms. The zero-order valence-corrected chi connectivity index (χ0v) is 15.6. The van der Waals surface area contributed by atoms with Crippen molar-refractivity contribution in [1.82, 2.24) is 5.32 Å². The lowest BCUT2D eigenvalue weighted by atomic mass is 10.1. The Morgan fingerprint density at radius 3 is 2.81 bits per heavy atom. The van der Waals surface area contributed by atoms with Crippen molar-refractivity contribution in [2.24, 2.45) is 4.99 Å². The van der Waals surface area contributed by atoms with Gasteiger partial charge in [-0.05, 0) is 45.9 Å². The molecule has 8 nitrogen and oxygen atoms in total. The molecule has 0 radical (unpaired) electrons. The van der Waals surface area contributed by atoms with E-state index in [-0.39, 0.29) is 16.8 Å². The fraction of sp³-hybridized carbons (Fsp3) is 0.0625. The maximum atomic E-state index is 11.9. The van der Waals surface area contributed by atoms with Crippen LogP contribution in [0.15, 0.2) is 49.1 Å². The molecule has 26 heavy (non-hydrogen) atoms. The Hall–Kier alpha value is -2.72. The zero-order chi connectivity index (χ0) is 18.8. The molecule has 0 saturated carbocycles. The van der Waals surface area contributed by atoms with Crippen LogP contribution in [0.4, 0.5) is 5.69 Å². The number of halogens is 1. The van der Waals surface area contributed by atoms with Gasteiger partial charge in [0.15, 0.2) is 5.17 Å². The second-order valence-electron chi connectivity index (χ2n) is 5.14. The summed E-state index contributed by atoms with van der Waals surface area (Å²) in [6.07, 6.45) is 1.52.